The van der Waals surface area contributed by atoms with Crippen molar-refractivity contribution in [1.82, 2.24) is 4.98 Å². The van der Waals surface area contributed by atoms with Gasteiger partial charge in [0.05, 0.1) is 0 Å². The predicted molar refractivity (Wildman–Crippen MR) is 209 cm³/mol. The summed E-state index contributed by atoms with van der Waals surface area (Å²) in [4.78, 5) is 7.29. The van der Waals surface area contributed by atoms with Crippen molar-refractivity contribution in [3.8, 4) is 33.4 Å². The average Bonchev–Trinajstić information content (AvgIpc) is 3.18. The fourth-order valence-electron chi connectivity index (χ4n) is 8.22. The molecular formula is C47H33NS. The summed E-state index contributed by atoms with van der Waals surface area (Å²) in [6.45, 7) is 0. The molecule has 0 saturated carbocycles. The standard InChI is InChI=1S/C47H33NS/c1-3-10-30(11-4-1)35-26-36(31-12-5-2-6-13-31)28-37(27-35)49-47-41-17-8-7-16-38(41)46(43-29-48-25-24-42(43)47)40-23-21-34-19-18-32-14-9-15-33-20-22-39(40)45(34)44(32)33/h1-6,9-13,15-18,20-29H,7-8,14,19H2. The van der Waals surface area contributed by atoms with Crippen molar-refractivity contribution in [3.05, 3.63) is 161 Å². The molecule has 0 atom stereocenters. The highest BCUT2D eigenvalue weighted by molar-refractivity contribution is 7.99. The second kappa shape index (κ2) is 11.6. The lowest BCUT2D eigenvalue weighted by Gasteiger charge is -2.25. The van der Waals surface area contributed by atoms with Crippen LogP contribution in [-0.2, 0) is 6.42 Å². The zero-order valence-electron chi connectivity index (χ0n) is 27.1. The van der Waals surface area contributed by atoms with Gasteiger partial charge >= 0.3 is 0 Å². The number of aromatic nitrogens is 1. The Morgan fingerprint density at radius 2 is 1.33 bits per heavy atom. The molecule has 1 heterocycles. The molecule has 0 unspecified atom stereocenters. The van der Waals surface area contributed by atoms with Gasteiger partial charge in [-0.1, -0.05) is 127 Å². The summed E-state index contributed by atoms with van der Waals surface area (Å²) < 4.78 is 0. The quantitative estimate of drug-likeness (QED) is 0.185. The molecule has 0 aliphatic heterocycles. The topological polar surface area (TPSA) is 12.9 Å². The molecule has 10 rings (SSSR count). The number of hydrogen-bond donors (Lipinski definition) is 0. The van der Waals surface area contributed by atoms with Crippen molar-refractivity contribution in [3.63, 3.8) is 0 Å². The molecular weight excluding hydrogens is 611 g/mol. The number of nitrogens with zero attached hydrogens (tertiary/aromatic N) is 1. The van der Waals surface area contributed by atoms with E-state index in [1.165, 1.54) is 97.4 Å². The SMILES string of the molecule is C1=Cc2ccc3c(-c4c5c(c(Sc6cc(-c7ccccc7)cc(-c7ccccc7)c6)c6ccncc46)=CCCC=5)ccc4c3c2C(=CC4)C1. The van der Waals surface area contributed by atoms with Crippen LogP contribution in [0.2, 0.25) is 0 Å². The van der Waals surface area contributed by atoms with Gasteiger partial charge in [-0.05, 0) is 132 Å². The van der Waals surface area contributed by atoms with Crippen LogP contribution in [0.4, 0.5) is 0 Å². The molecule has 232 valence electrons. The second-order valence-electron chi connectivity index (χ2n) is 13.3. The van der Waals surface area contributed by atoms with Crippen LogP contribution >= 0.6 is 11.8 Å². The number of fused-ring (bicyclic) bond motifs is 2. The molecule has 3 aliphatic rings. The van der Waals surface area contributed by atoms with Gasteiger partial charge in [-0.15, -0.1) is 0 Å². The van der Waals surface area contributed by atoms with Gasteiger partial charge in [0.2, 0.25) is 0 Å². The third-order valence-electron chi connectivity index (χ3n) is 10.4. The number of benzene rings is 6. The maximum Gasteiger partial charge on any atom is 0.0353 e. The van der Waals surface area contributed by atoms with Gasteiger partial charge in [0.1, 0.15) is 0 Å². The summed E-state index contributed by atoms with van der Waals surface area (Å²) in [7, 11) is 0. The minimum atomic E-state index is 0.999. The van der Waals surface area contributed by atoms with Gasteiger partial charge < -0.3 is 0 Å². The predicted octanol–water partition coefficient (Wildman–Crippen LogP) is 11.3. The molecule has 0 bridgehead atoms. The van der Waals surface area contributed by atoms with E-state index < -0.39 is 0 Å². The third-order valence-corrected chi connectivity index (χ3v) is 11.6. The highest BCUT2D eigenvalue weighted by atomic mass is 32.2. The summed E-state index contributed by atoms with van der Waals surface area (Å²) in [6.07, 6.45) is 20.2. The van der Waals surface area contributed by atoms with E-state index >= 15 is 0 Å². The monoisotopic (exact) mass is 643 g/mol. The van der Waals surface area contributed by atoms with E-state index in [1.807, 2.05) is 18.0 Å². The van der Waals surface area contributed by atoms with Crippen molar-refractivity contribution >= 4 is 57.1 Å². The Bertz CT molecular complexity index is 2610. The fourth-order valence-corrected chi connectivity index (χ4v) is 9.42. The molecule has 2 heteroatoms. The Hall–Kier alpha value is -5.44. The third kappa shape index (κ3) is 4.74. The van der Waals surface area contributed by atoms with Crippen molar-refractivity contribution < 1.29 is 0 Å². The number of hydrogen-bond acceptors (Lipinski definition) is 2. The lowest BCUT2D eigenvalue weighted by molar-refractivity contribution is 1.11. The minimum absolute atomic E-state index is 0.999. The molecule has 1 nitrogen and oxygen atoms in total. The lowest BCUT2D eigenvalue weighted by atomic mass is 9.79. The Kier molecular flexibility index (Phi) is 6.77. The van der Waals surface area contributed by atoms with Crippen LogP contribution in [0, 0.1) is 0 Å². The molecule has 7 aromatic rings. The summed E-state index contributed by atoms with van der Waals surface area (Å²) in [5, 5.41) is 7.96. The van der Waals surface area contributed by atoms with Crippen molar-refractivity contribution in [2.24, 2.45) is 0 Å². The first-order chi connectivity index (χ1) is 24.3. The normalized spacial score (nSPS) is 14.2. The lowest BCUT2D eigenvalue weighted by Crippen LogP contribution is -2.31. The smallest absolute Gasteiger partial charge is 0.0353 e. The summed E-state index contributed by atoms with van der Waals surface area (Å²) in [6, 6.07) is 40.3. The van der Waals surface area contributed by atoms with E-state index in [4.69, 9.17) is 4.98 Å². The van der Waals surface area contributed by atoms with Crippen LogP contribution in [0.1, 0.15) is 36.0 Å². The van der Waals surface area contributed by atoms with Crippen molar-refractivity contribution in [1.29, 1.82) is 0 Å². The van der Waals surface area contributed by atoms with Crippen LogP contribution < -0.4 is 10.4 Å². The average molecular weight is 644 g/mol. The van der Waals surface area contributed by atoms with Gasteiger partial charge in [0.25, 0.3) is 0 Å². The fraction of sp³-hybridized carbons (Fsp3) is 0.0851. The van der Waals surface area contributed by atoms with Gasteiger partial charge in [-0.25, -0.2) is 0 Å². The minimum Gasteiger partial charge on any atom is -0.264 e. The number of rotatable bonds is 5. The highest BCUT2D eigenvalue weighted by Gasteiger charge is 2.23. The van der Waals surface area contributed by atoms with E-state index in [0.717, 1.165) is 25.7 Å². The first-order valence-electron chi connectivity index (χ1n) is 17.3. The van der Waals surface area contributed by atoms with Gasteiger partial charge in [-0.3, -0.25) is 4.98 Å². The maximum atomic E-state index is 4.74. The van der Waals surface area contributed by atoms with E-state index in [0.29, 0.717) is 0 Å². The molecule has 0 saturated heterocycles. The Morgan fingerprint density at radius 1 is 0.571 bits per heavy atom. The Balaban J connectivity index is 1.21. The molecule has 0 fully saturated rings. The van der Waals surface area contributed by atoms with Crippen molar-refractivity contribution in [2.45, 2.75) is 35.5 Å². The van der Waals surface area contributed by atoms with E-state index in [2.05, 4.69) is 146 Å². The summed E-state index contributed by atoms with van der Waals surface area (Å²) >= 11 is 1.89. The highest BCUT2D eigenvalue weighted by Crippen LogP contribution is 2.44. The second-order valence-corrected chi connectivity index (χ2v) is 14.4. The Labute approximate surface area is 290 Å². The van der Waals surface area contributed by atoms with E-state index in [-0.39, 0.29) is 0 Å². The summed E-state index contributed by atoms with van der Waals surface area (Å²) in [5.41, 5.74) is 13.2. The van der Waals surface area contributed by atoms with Gasteiger partial charge in [0.15, 0.2) is 0 Å². The number of pyridine rings is 1. The molecule has 0 amide bonds. The molecule has 6 aromatic carbocycles. The molecule has 0 spiro atoms. The van der Waals surface area contributed by atoms with E-state index in [1.54, 1.807) is 0 Å². The van der Waals surface area contributed by atoms with Crippen LogP contribution in [0.3, 0.4) is 0 Å². The largest absolute Gasteiger partial charge is 0.264 e. The van der Waals surface area contributed by atoms with Crippen LogP contribution in [-0.4, -0.2) is 4.98 Å². The first-order valence-corrected chi connectivity index (χ1v) is 18.1. The molecule has 3 aliphatic carbocycles. The van der Waals surface area contributed by atoms with Gasteiger partial charge in [-0.2, -0.15) is 0 Å². The van der Waals surface area contributed by atoms with Crippen molar-refractivity contribution in [2.75, 3.05) is 0 Å². The Morgan fingerprint density at radius 3 is 2.10 bits per heavy atom. The van der Waals surface area contributed by atoms with Gasteiger partial charge in [0, 0.05) is 27.6 Å². The van der Waals surface area contributed by atoms with Crippen LogP contribution in [0.25, 0.3) is 78.7 Å². The molecule has 0 radical (unpaired) electrons. The van der Waals surface area contributed by atoms with Crippen LogP contribution in [0.5, 0.6) is 0 Å². The zero-order valence-corrected chi connectivity index (χ0v) is 27.9. The van der Waals surface area contributed by atoms with Crippen LogP contribution in [0.15, 0.2) is 144 Å². The first kappa shape index (κ1) is 28.6. The maximum absolute atomic E-state index is 4.74. The molecule has 1 aromatic heterocycles. The summed E-state index contributed by atoms with van der Waals surface area (Å²) in [5.74, 6) is 0. The number of allylic oxidation sites excluding steroid dienone is 3. The van der Waals surface area contributed by atoms with E-state index in [9.17, 15) is 0 Å². The molecule has 0 N–H and O–H groups in total. The molecule has 49 heavy (non-hydrogen) atoms. The zero-order chi connectivity index (χ0) is 32.3.